The third-order valence-electron chi connectivity index (χ3n) is 5.57. The Morgan fingerprint density at radius 3 is 2.70 bits per heavy atom. The molecule has 0 saturated carbocycles. The van der Waals surface area contributed by atoms with Gasteiger partial charge in [-0.05, 0) is 26.5 Å². The van der Waals surface area contributed by atoms with Gasteiger partial charge in [0.2, 0.25) is 0 Å². The highest BCUT2D eigenvalue weighted by Crippen LogP contribution is 2.43. The fourth-order valence-corrected chi connectivity index (χ4v) is 5.33. The zero-order chi connectivity index (χ0) is 18.8. The third kappa shape index (κ3) is 2.88. The molecule has 5 heterocycles. The Labute approximate surface area is 167 Å². The second kappa shape index (κ2) is 6.24. The van der Waals surface area contributed by atoms with Gasteiger partial charge < -0.3 is 14.5 Å². The van der Waals surface area contributed by atoms with Crippen LogP contribution >= 0.6 is 22.9 Å². The predicted molar refractivity (Wildman–Crippen MR) is 110 cm³/mol. The summed E-state index contributed by atoms with van der Waals surface area (Å²) in [6.07, 6.45) is 2.39. The number of pyridine rings is 1. The van der Waals surface area contributed by atoms with Crippen LogP contribution in [0.1, 0.15) is 25.0 Å². The molecule has 0 atom stereocenters. The first-order chi connectivity index (χ1) is 12.9. The normalized spacial score (nSPS) is 20.4. The van der Waals surface area contributed by atoms with Crippen molar-refractivity contribution in [3.05, 3.63) is 22.6 Å². The van der Waals surface area contributed by atoms with E-state index in [1.807, 2.05) is 0 Å². The van der Waals surface area contributed by atoms with Crippen molar-refractivity contribution in [3.8, 4) is 0 Å². The number of likely N-dealkylation sites (N-methyl/N-ethyl adjacent to an activating group) is 1. The van der Waals surface area contributed by atoms with E-state index in [1.54, 1.807) is 17.7 Å². The van der Waals surface area contributed by atoms with Crippen molar-refractivity contribution >= 4 is 49.2 Å². The topological polar surface area (TPSA) is 54.4 Å². The summed E-state index contributed by atoms with van der Waals surface area (Å²) >= 11 is 7.96. The number of aromatic nitrogens is 3. The molecule has 6 nitrogen and oxygen atoms in total. The Bertz CT molecular complexity index is 1040. The van der Waals surface area contributed by atoms with Crippen molar-refractivity contribution in [1.82, 2.24) is 19.9 Å². The molecule has 2 aliphatic heterocycles. The number of hydrogen-bond acceptors (Lipinski definition) is 7. The van der Waals surface area contributed by atoms with Gasteiger partial charge in [-0.3, -0.25) is 0 Å². The minimum atomic E-state index is -0.203. The number of nitrogens with zero attached hydrogens (tertiary/aromatic N) is 5. The van der Waals surface area contributed by atoms with E-state index in [2.05, 4.69) is 40.7 Å². The Morgan fingerprint density at radius 2 is 1.93 bits per heavy atom. The van der Waals surface area contributed by atoms with Crippen LogP contribution in [0.2, 0.25) is 5.15 Å². The third-order valence-corrected chi connectivity index (χ3v) is 7.04. The molecule has 0 amide bonds. The fourth-order valence-electron chi connectivity index (χ4n) is 4.04. The molecule has 0 radical (unpaired) electrons. The zero-order valence-electron chi connectivity index (χ0n) is 15.8. The molecule has 0 aromatic carbocycles. The number of ether oxygens (including phenoxy) is 1. The predicted octanol–water partition coefficient (Wildman–Crippen LogP) is 3.50. The maximum atomic E-state index is 6.36. The number of halogens is 1. The molecule has 5 rings (SSSR count). The standard InChI is InChI=1S/C19H22ClN5OS/c1-19(2)8-11-12(9-26-19)17(25-6-4-24(3)5-7-25)23-18-13(11)14-15(27-18)16(20)22-10-21-14/h10H,4-9H2,1-3H3. The number of hydrogen-bond donors (Lipinski definition) is 0. The maximum Gasteiger partial charge on any atom is 0.150 e. The van der Waals surface area contributed by atoms with Gasteiger partial charge in [-0.25, -0.2) is 15.0 Å². The molecule has 3 aromatic rings. The molecule has 142 valence electrons. The van der Waals surface area contributed by atoms with E-state index >= 15 is 0 Å². The van der Waals surface area contributed by atoms with Gasteiger partial charge in [-0.2, -0.15) is 0 Å². The SMILES string of the molecule is CN1CCN(c2nc3sc4c(Cl)ncnc4c3c3c2COC(C)(C)C3)CC1. The molecule has 0 aliphatic carbocycles. The lowest BCUT2D eigenvalue weighted by Gasteiger charge is -2.38. The second-order valence-corrected chi connectivity index (χ2v) is 9.39. The van der Waals surface area contributed by atoms with Crippen LogP contribution in [0.15, 0.2) is 6.33 Å². The molecule has 1 saturated heterocycles. The van der Waals surface area contributed by atoms with Crippen molar-refractivity contribution in [2.45, 2.75) is 32.5 Å². The van der Waals surface area contributed by atoms with E-state index in [-0.39, 0.29) is 5.60 Å². The van der Waals surface area contributed by atoms with Crippen LogP contribution in [-0.2, 0) is 17.8 Å². The van der Waals surface area contributed by atoms with Crippen molar-refractivity contribution in [2.24, 2.45) is 0 Å². The number of fused-ring (bicyclic) bond motifs is 5. The summed E-state index contributed by atoms with van der Waals surface area (Å²) < 4.78 is 7.09. The Morgan fingerprint density at radius 1 is 1.15 bits per heavy atom. The van der Waals surface area contributed by atoms with Crippen molar-refractivity contribution in [3.63, 3.8) is 0 Å². The summed E-state index contributed by atoms with van der Waals surface area (Å²) in [5.41, 5.74) is 3.24. The van der Waals surface area contributed by atoms with Gasteiger partial charge in [0.15, 0.2) is 0 Å². The van der Waals surface area contributed by atoms with E-state index < -0.39 is 0 Å². The van der Waals surface area contributed by atoms with Crippen LogP contribution in [0.3, 0.4) is 0 Å². The van der Waals surface area contributed by atoms with E-state index in [9.17, 15) is 0 Å². The molecule has 0 unspecified atom stereocenters. The van der Waals surface area contributed by atoms with Crippen molar-refractivity contribution in [1.29, 1.82) is 0 Å². The van der Waals surface area contributed by atoms with Gasteiger partial charge in [0.05, 0.1) is 22.4 Å². The molecule has 8 heteroatoms. The molecule has 0 spiro atoms. The summed E-state index contributed by atoms with van der Waals surface area (Å²) in [4.78, 5) is 19.6. The molecule has 2 aliphatic rings. The van der Waals surface area contributed by atoms with Crippen LogP contribution < -0.4 is 4.90 Å². The number of thiophene rings is 1. The van der Waals surface area contributed by atoms with E-state index in [0.717, 1.165) is 58.9 Å². The van der Waals surface area contributed by atoms with E-state index in [1.165, 1.54) is 11.1 Å². The van der Waals surface area contributed by atoms with E-state index in [0.29, 0.717) is 11.8 Å². The second-order valence-electron chi connectivity index (χ2n) is 8.03. The van der Waals surface area contributed by atoms with Gasteiger partial charge in [0.25, 0.3) is 0 Å². The Kier molecular flexibility index (Phi) is 4.05. The molecule has 0 N–H and O–H groups in total. The Hall–Kier alpha value is -1.54. The minimum Gasteiger partial charge on any atom is -0.370 e. The zero-order valence-corrected chi connectivity index (χ0v) is 17.3. The van der Waals surface area contributed by atoms with Crippen molar-refractivity contribution < 1.29 is 4.74 Å². The van der Waals surface area contributed by atoms with Gasteiger partial charge >= 0.3 is 0 Å². The average molecular weight is 404 g/mol. The van der Waals surface area contributed by atoms with E-state index in [4.69, 9.17) is 21.3 Å². The quantitative estimate of drug-likeness (QED) is 0.580. The lowest BCUT2D eigenvalue weighted by atomic mass is 9.90. The summed E-state index contributed by atoms with van der Waals surface area (Å²) in [5.74, 6) is 1.07. The molecular weight excluding hydrogens is 382 g/mol. The number of piperazine rings is 1. The first-order valence-corrected chi connectivity index (χ1v) is 10.4. The smallest absolute Gasteiger partial charge is 0.150 e. The molecule has 3 aromatic heterocycles. The fraction of sp³-hybridized carbons (Fsp3) is 0.526. The lowest BCUT2D eigenvalue weighted by Crippen LogP contribution is -2.45. The highest BCUT2D eigenvalue weighted by Gasteiger charge is 2.33. The highest BCUT2D eigenvalue weighted by atomic mass is 35.5. The van der Waals surface area contributed by atoms with Crippen LogP contribution in [-0.4, -0.2) is 58.7 Å². The van der Waals surface area contributed by atoms with Gasteiger partial charge in [0, 0.05) is 43.5 Å². The van der Waals surface area contributed by atoms with Gasteiger partial charge in [-0.1, -0.05) is 11.6 Å². The Balaban J connectivity index is 1.77. The summed E-state index contributed by atoms with van der Waals surface area (Å²) in [7, 11) is 2.17. The number of anilines is 1. The molecule has 1 fully saturated rings. The number of rotatable bonds is 1. The minimum absolute atomic E-state index is 0.203. The summed E-state index contributed by atoms with van der Waals surface area (Å²) in [6.45, 7) is 8.94. The molecule has 0 bridgehead atoms. The lowest BCUT2D eigenvalue weighted by molar-refractivity contribution is -0.0395. The van der Waals surface area contributed by atoms with Gasteiger partial charge in [-0.15, -0.1) is 11.3 Å². The van der Waals surface area contributed by atoms with Crippen LogP contribution in [0.5, 0.6) is 0 Å². The average Bonchev–Trinajstić information content (AvgIpc) is 3.01. The van der Waals surface area contributed by atoms with Crippen LogP contribution in [0.25, 0.3) is 20.4 Å². The monoisotopic (exact) mass is 403 g/mol. The van der Waals surface area contributed by atoms with Crippen molar-refractivity contribution in [2.75, 3.05) is 38.1 Å². The largest absolute Gasteiger partial charge is 0.370 e. The van der Waals surface area contributed by atoms with Crippen LogP contribution in [0.4, 0.5) is 5.82 Å². The summed E-state index contributed by atoms with van der Waals surface area (Å²) in [5, 5.41) is 1.63. The molecule has 27 heavy (non-hydrogen) atoms. The highest BCUT2D eigenvalue weighted by molar-refractivity contribution is 7.26. The first kappa shape index (κ1) is 17.6. The maximum absolute atomic E-state index is 6.36. The summed E-state index contributed by atoms with van der Waals surface area (Å²) in [6, 6.07) is 0. The van der Waals surface area contributed by atoms with Gasteiger partial charge in [0.1, 0.15) is 22.1 Å². The molecular formula is C19H22ClN5OS. The first-order valence-electron chi connectivity index (χ1n) is 9.25. The van der Waals surface area contributed by atoms with Crippen LogP contribution in [0, 0.1) is 0 Å².